The van der Waals surface area contributed by atoms with Gasteiger partial charge in [-0.1, -0.05) is 0 Å². The number of ether oxygens (including phenoxy) is 1. The Morgan fingerprint density at radius 1 is 1.30 bits per heavy atom. The van der Waals surface area contributed by atoms with Crippen LogP contribution < -0.4 is 5.32 Å². The highest BCUT2D eigenvalue weighted by atomic mass is 16.5. The fraction of sp³-hybridized carbons (Fsp3) is 0.571. The molecule has 6 nitrogen and oxygen atoms in total. The topological polar surface area (TPSA) is 66.1 Å². The van der Waals surface area contributed by atoms with Gasteiger partial charge in [-0.15, -0.1) is 0 Å². The summed E-state index contributed by atoms with van der Waals surface area (Å²) in [6.07, 6.45) is 0. The molecule has 2 aromatic heterocycles. The van der Waals surface area contributed by atoms with E-state index in [0.717, 1.165) is 67.8 Å². The third-order valence-corrected chi connectivity index (χ3v) is 3.56. The van der Waals surface area contributed by atoms with E-state index in [0.29, 0.717) is 0 Å². The molecule has 0 amide bonds. The highest BCUT2D eigenvalue weighted by molar-refractivity contribution is 5.87. The maximum atomic E-state index is 5.35. The van der Waals surface area contributed by atoms with Crippen molar-refractivity contribution in [3.63, 3.8) is 0 Å². The van der Waals surface area contributed by atoms with Gasteiger partial charge in [0.2, 0.25) is 0 Å². The number of morpholine rings is 1. The Morgan fingerprint density at radius 2 is 2.10 bits per heavy atom. The van der Waals surface area contributed by atoms with E-state index in [9.17, 15) is 0 Å². The van der Waals surface area contributed by atoms with Crippen LogP contribution in [0.2, 0.25) is 0 Å². The zero-order chi connectivity index (χ0) is 13.9. The first-order valence-corrected chi connectivity index (χ1v) is 7.10. The first-order chi connectivity index (χ1) is 9.72. The van der Waals surface area contributed by atoms with E-state index in [1.807, 2.05) is 13.8 Å². The molecule has 0 saturated carbocycles. The fourth-order valence-corrected chi connectivity index (χ4v) is 2.54. The van der Waals surface area contributed by atoms with Crippen LogP contribution in [-0.2, 0) is 4.74 Å². The minimum Gasteiger partial charge on any atom is -0.379 e. The molecule has 0 atom stereocenters. The summed E-state index contributed by atoms with van der Waals surface area (Å²) in [6.45, 7) is 9.57. The monoisotopic (exact) mass is 275 g/mol. The lowest BCUT2D eigenvalue weighted by atomic mass is 10.3. The van der Waals surface area contributed by atoms with E-state index in [2.05, 4.69) is 31.2 Å². The maximum absolute atomic E-state index is 5.35. The van der Waals surface area contributed by atoms with Gasteiger partial charge in [0.15, 0.2) is 0 Å². The lowest BCUT2D eigenvalue weighted by Crippen LogP contribution is -2.39. The van der Waals surface area contributed by atoms with Crippen molar-refractivity contribution in [2.45, 2.75) is 13.8 Å². The van der Waals surface area contributed by atoms with E-state index in [4.69, 9.17) is 4.74 Å². The summed E-state index contributed by atoms with van der Waals surface area (Å²) in [4.78, 5) is 14.6. The molecule has 0 radical (unpaired) electrons. The highest BCUT2D eigenvalue weighted by Crippen LogP contribution is 2.20. The Bertz CT molecular complexity index is 589. The number of rotatable bonds is 4. The summed E-state index contributed by atoms with van der Waals surface area (Å²) < 4.78 is 5.35. The minimum absolute atomic E-state index is 0.785. The van der Waals surface area contributed by atoms with E-state index in [-0.39, 0.29) is 0 Å². The predicted molar refractivity (Wildman–Crippen MR) is 79.1 cm³/mol. The molecule has 0 spiro atoms. The van der Waals surface area contributed by atoms with Gasteiger partial charge in [0.1, 0.15) is 17.3 Å². The van der Waals surface area contributed by atoms with Gasteiger partial charge in [0, 0.05) is 31.9 Å². The largest absolute Gasteiger partial charge is 0.379 e. The van der Waals surface area contributed by atoms with Crippen LogP contribution in [0.5, 0.6) is 0 Å². The summed E-state index contributed by atoms with van der Waals surface area (Å²) in [5, 5.41) is 4.50. The first-order valence-electron chi connectivity index (χ1n) is 7.10. The van der Waals surface area contributed by atoms with Crippen LogP contribution in [0.25, 0.3) is 11.0 Å². The zero-order valence-corrected chi connectivity index (χ0v) is 12.1. The predicted octanol–water partition coefficient (Wildman–Crippen LogP) is 1.32. The average Bonchev–Trinajstić information content (AvgIpc) is 2.80. The lowest BCUT2D eigenvalue weighted by molar-refractivity contribution is 0.0398. The van der Waals surface area contributed by atoms with Crippen LogP contribution in [0.4, 0.5) is 5.82 Å². The molecular formula is C14H21N5O. The van der Waals surface area contributed by atoms with Gasteiger partial charge in [0.25, 0.3) is 0 Å². The number of aromatic nitrogens is 3. The zero-order valence-electron chi connectivity index (χ0n) is 12.1. The van der Waals surface area contributed by atoms with Crippen LogP contribution >= 0.6 is 0 Å². The van der Waals surface area contributed by atoms with Crippen molar-refractivity contribution in [3.05, 3.63) is 17.6 Å². The number of nitrogens with one attached hydrogen (secondary N) is 2. The number of nitrogens with zero attached hydrogens (tertiary/aromatic N) is 3. The summed E-state index contributed by atoms with van der Waals surface area (Å²) in [5.41, 5.74) is 2.01. The van der Waals surface area contributed by atoms with Crippen LogP contribution in [0.1, 0.15) is 11.5 Å². The Kier molecular flexibility index (Phi) is 3.84. The molecule has 1 saturated heterocycles. The minimum atomic E-state index is 0.785. The molecule has 3 rings (SSSR count). The molecule has 0 aliphatic carbocycles. The Labute approximate surface area is 118 Å². The van der Waals surface area contributed by atoms with Gasteiger partial charge >= 0.3 is 0 Å². The molecule has 3 heterocycles. The van der Waals surface area contributed by atoms with Crippen molar-refractivity contribution >= 4 is 16.9 Å². The number of aryl methyl sites for hydroxylation is 2. The van der Waals surface area contributed by atoms with Crippen LogP contribution in [0.15, 0.2) is 6.07 Å². The molecule has 1 fully saturated rings. The molecule has 6 heteroatoms. The number of anilines is 1. The van der Waals surface area contributed by atoms with Crippen molar-refractivity contribution in [3.8, 4) is 0 Å². The third-order valence-electron chi connectivity index (χ3n) is 3.56. The number of H-pyrrole nitrogens is 1. The Morgan fingerprint density at radius 3 is 2.90 bits per heavy atom. The van der Waals surface area contributed by atoms with Crippen LogP contribution in [0.3, 0.4) is 0 Å². The molecule has 20 heavy (non-hydrogen) atoms. The summed E-state index contributed by atoms with van der Waals surface area (Å²) in [7, 11) is 0. The summed E-state index contributed by atoms with van der Waals surface area (Å²) in [6, 6.07) is 2.09. The van der Waals surface area contributed by atoms with E-state index >= 15 is 0 Å². The number of hydrogen-bond acceptors (Lipinski definition) is 5. The van der Waals surface area contributed by atoms with Crippen molar-refractivity contribution in [2.24, 2.45) is 0 Å². The van der Waals surface area contributed by atoms with Crippen LogP contribution in [-0.4, -0.2) is 59.2 Å². The molecule has 1 aliphatic rings. The van der Waals surface area contributed by atoms with Gasteiger partial charge < -0.3 is 15.0 Å². The smallest absolute Gasteiger partial charge is 0.143 e. The lowest BCUT2D eigenvalue weighted by Gasteiger charge is -2.26. The molecule has 0 aromatic carbocycles. The fourth-order valence-electron chi connectivity index (χ4n) is 2.54. The molecule has 0 bridgehead atoms. The van der Waals surface area contributed by atoms with Gasteiger partial charge in [-0.3, -0.25) is 4.90 Å². The van der Waals surface area contributed by atoms with Crippen molar-refractivity contribution in [1.82, 2.24) is 19.9 Å². The molecular weight excluding hydrogens is 254 g/mol. The highest BCUT2D eigenvalue weighted by Gasteiger charge is 2.11. The average molecular weight is 275 g/mol. The van der Waals surface area contributed by atoms with E-state index < -0.39 is 0 Å². The normalized spacial score (nSPS) is 16.7. The van der Waals surface area contributed by atoms with Gasteiger partial charge in [-0.2, -0.15) is 0 Å². The second kappa shape index (κ2) is 5.76. The number of hydrogen-bond donors (Lipinski definition) is 2. The van der Waals surface area contributed by atoms with Crippen molar-refractivity contribution < 1.29 is 4.74 Å². The van der Waals surface area contributed by atoms with Gasteiger partial charge in [-0.25, -0.2) is 9.97 Å². The Balaban J connectivity index is 1.67. The molecule has 0 unspecified atom stereocenters. The second-order valence-electron chi connectivity index (χ2n) is 5.21. The SMILES string of the molecule is Cc1nc(NCCN2CCOCC2)c2cc(C)[nH]c2n1. The van der Waals surface area contributed by atoms with Gasteiger partial charge in [0.05, 0.1) is 18.6 Å². The second-order valence-corrected chi connectivity index (χ2v) is 5.21. The summed E-state index contributed by atoms with van der Waals surface area (Å²) >= 11 is 0. The van der Waals surface area contributed by atoms with Gasteiger partial charge in [-0.05, 0) is 19.9 Å². The number of aromatic amines is 1. The Hall–Kier alpha value is -1.66. The van der Waals surface area contributed by atoms with Crippen molar-refractivity contribution in [1.29, 1.82) is 0 Å². The molecule has 108 valence electrons. The van der Waals surface area contributed by atoms with Crippen molar-refractivity contribution in [2.75, 3.05) is 44.7 Å². The molecule has 2 aromatic rings. The van der Waals surface area contributed by atoms with E-state index in [1.54, 1.807) is 0 Å². The quantitative estimate of drug-likeness (QED) is 0.881. The molecule has 2 N–H and O–H groups in total. The molecule has 1 aliphatic heterocycles. The third kappa shape index (κ3) is 2.91. The summed E-state index contributed by atoms with van der Waals surface area (Å²) in [5.74, 6) is 1.71. The standard InChI is InChI=1S/C14H21N5O/c1-10-9-12-13(17-11(2)18-14(12)16-10)15-3-4-19-5-7-20-8-6-19/h9H,3-8H2,1-2H3,(H2,15,16,17,18). The number of fused-ring (bicyclic) bond motifs is 1. The maximum Gasteiger partial charge on any atom is 0.143 e. The van der Waals surface area contributed by atoms with E-state index in [1.165, 1.54) is 0 Å². The van der Waals surface area contributed by atoms with Crippen LogP contribution in [0, 0.1) is 13.8 Å². The first kappa shape index (κ1) is 13.3.